The van der Waals surface area contributed by atoms with Crippen LogP contribution in [0, 0.1) is 35.0 Å². The molecule has 4 fully saturated rings. The van der Waals surface area contributed by atoms with Gasteiger partial charge in [-0.05, 0) is 69.2 Å². The Morgan fingerprint density at radius 1 is 0.939 bits per heavy atom. The zero-order chi connectivity index (χ0) is 24.1. The summed E-state index contributed by atoms with van der Waals surface area (Å²) in [6, 6.07) is -0.584. The third-order valence-corrected chi connectivity index (χ3v) is 11.1. The van der Waals surface area contributed by atoms with Crippen LogP contribution in [-0.4, -0.2) is 73.7 Å². The van der Waals surface area contributed by atoms with Crippen LogP contribution in [0.4, 0.5) is 0 Å². The number of carbonyl (C=O) groups is 1. The van der Waals surface area contributed by atoms with Gasteiger partial charge >= 0.3 is 0 Å². The molecule has 188 valence electrons. The monoisotopic (exact) mass is 506 g/mol. The molecule has 10 atom stereocenters. The average molecular weight is 507 g/mol. The summed E-state index contributed by atoms with van der Waals surface area (Å²) in [6.45, 7) is 0. The minimum Gasteiger partial charge on any atom is -0.371 e. The molecule has 3 saturated carbocycles. The van der Waals surface area contributed by atoms with Gasteiger partial charge in [0.05, 0.1) is 12.2 Å². The summed E-state index contributed by atoms with van der Waals surface area (Å²) in [7, 11) is -7.63. The number of carbonyl (C=O) groups excluding carboxylic acids is 1. The van der Waals surface area contributed by atoms with Crippen LogP contribution in [0.1, 0.15) is 51.4 Å². The zero-order valence-electron chi connectivity index (χ0n) is 18.7. The Balaban J connectivity index is 1.84. The van der Waals surface area contributed by atoms with Crippen LogP contribution in [0.2, 0.25) is 0 Å². The molecular formula is C21H34N2O8S2. The largest absolute Gasteiger partial charge is 0.371 e. The minimum atomic E-state index is -4.68. The molecule has 10 nitrogen and oxygen atoms in total. The number of fused-ring (bicyclic) bond motifs is 2. The van der Waals surface area contributed by atoms with Crippen molar-refractivity contribution in [1.82, 2.24) is 5.32 Å². The van der Waals surface area contributed by atoms with Crippen molar-refractivity contribution < 1.29 is 35.5 Å². The first kappa shape index (κ1) is 25.2. The molecule has 0 spiro atoms. The predicted octanol–water partition coefficient (Wildman–Crippen LogP) is 1.32. The Morgan fingerprint density at radius 3 is 2.21 bits per heavy atom. The van der Waals surface area contributed by atoms with Gasteiger partial charge in [-0.3, -0.25) is 9.11 Å². The highest BCUT2D eigenvalue weighted by molar-refractivity contribution is 7.87. The van der Waals surface area contributed by atoms with Crippen molar-refractivity contribution in [1.29, 1.82) is 5.41 Å². The molecule has 0 aromatic heterocycles. The summed E-state index contributed by atoms with van der Waals surface area (Å²) in [6.07, 6.45) is 4.04. The topological polar surface area (TPSA) is 171 Å². The molecule has 0 bridgehead atoms. The van der Waals surface area contributed by atoms with Crippen LogP contribution >= 0.6 is 0 Å². The lowest BCUT2D eigenvalue weighted by Gasteiger charge is -2.58. The first-order chi connectivity index (χ1) is 15.5. The van der Waals surface area contributed by atoms with Crippen molar-refractivity contribution >= 4 is 32.2 Å². The maximum absolute atomic E-state index is 12.5. The van der Waals surface area contributed by atoms with E-state index in [2.05, 4.69) is 5.32 Å². The van der Waals surface area contributed by atoms with E-state index in [4.69, 9.17) is 10.1 Å². The Morgan fingerprint density at radius 2 is 1.61 bits per heavy atom. The van der Waals surface area contributed by atoms with Gasteiger partial charge in [0, 0.05) is 17.7 Å². The molecular weight excluding hydrogens is 472 g/mol. The number of aldehydes is 1. The molecule has 0 amide bonds. The molecule has 4 rings (SSSR count). The molecule has 12 heteroatoms. The SMILES string of the molecule is CNC1CCC2C(OC3C(CCC(=N)C3S(=O)(=O)O)C2C2CCCCC2C=O)C1S(=O)(=O)O. The second-order valence-electron chi connectivity index (χ2n) is 10.2. The van der Waals surface area contributed by atoms with E-state index in [1.807, 2.05) is 0 Å². The van der Waals surface area contributed by atoms with Crippen LogP contribution in [0.15, 0.2) is 0 Å². The van der Waals surface area contributed by atoms with Gasteiger partial charge in [0.2, 0.25) is 0 Å². The standard InChI is InChI=1S/C21H34N2O8S2/c1-23-16-9-7-14-17(12-5-3-2-4-11(12)10-24)13-6-8-15(22)20(32(25,26)27)18(13)31-19(14)21(16)33(28,29)30/h10-14,16-23H,2-9H2,1H3,(H,25,26,27)(H,28,29,30). The summed E-state index contributed by atoms with van der Waals surface area (Å²) in [4.78, 5) is 12.0. The van der Waals surface area contributed by atoms with Gasteiger partial charge in [-0.1, -0.05) is 12.8 Å². The molecule has 33 heavy (non-hydrogen) atoms. The van der Waals surface area contributed by atoms with Crippen molar-refractivity contribution in [2.45, 2.75) is 80.1 Å². The predicted molar refractivity (Wildman–Crippen MR) is 120 cm³/mol. The lowest BCUT2D eigenvalue weighted by Crippen LogP contribution is -2.67. The van der Waals surface area contributed by atoms with E-state index in [1.54, 1.807) is 7.05 Å². The van der Waals surface area contributed by atoms with Gasteiger partial charge in [0.25, 0.3) is 20.2 Å². The number of hydrogen-bond donors (Lipinski definition) is 4. The Kier molecular flexibility index (Phi) is 7.07. The third kappa shape index (κ3) is 4.54. The normalized spacial score (nSPS) is 44.5. The molecule has 1 aliphatic heterocycles. The van der Waals surface area contributed by atoms with Crippen LogP contribution in [-0.2, 0) is 29.8 Å². The quantitative estimate of drug-likeness (QED) is 0.317. The first-order valence-electron chi connectivity index (χ1n) is 11.8. The number of rotatable bonds is 5. The molecule has 0 aromatic rings. The molecule has 4 aliphatic rings. The van der Waals surface area contributed by atoms with Crippen LogP contribution in [0.3, 0.4) is 0 Å². The van der Waals surface area contributed by atoms with E-state index in [0.717, 1.165) is 32.0 Å². The summed E-state index contributed by atoms with van der Waals surface area (Å²) in [5, 5.41) is 8.30. The fourth-order valence-corrected chi connectivity index (χ4v) is 9.78. The van der Waals surface area contributed by atoms with Gasteiger partial charge in [0.1, 0.15) is 11.5 Å². The van der Waals surface area contributed by atoms with E-state index in [0.29, 0.717) is 19.3 Å². The lowest BCUT2D eigenvalue weighted by atomic mass is 9.56. The van der Waals surface area contributed by atoms with E-state index >= 15 is 0 Å². The second kappa shape index (κ2) is 9.27. The second-order valence-corrected chi connectivity index (χ2v) is 13.3. The van der Waals surface area contributed by atoms with E-state index in [9.17, 15) is 30.7 Å². The van der Waals surface area contributed by atoms with Crippen molar-refractivity contribution in [2.24, 2.45) is 29.6 Å². The average Bonchev–Trinajstić information content (AvgIpc) is 2.74. The minimum absolute atomic E-state index is 0.0531. The highest BCUT2D eigenvalue weighted by atomic mass is 32.2. The third-order valence-electron chi connectivity index (χ3n) is 8.65. The van der Waals surface area contributed by atoms with Gasteiger partial charge in [-0.25, -0.2) is 0 Å². The number of hydrogen-bond acceptors (Lipinski definition) is 8. The zero-order valence-corrected chi connectivity index (χ0v) is 20.3. The van der Waals surface area contributed by atoms with Crippen LogP contribution in [0.25, 0.3) is 0 Å². The van der Waals surface area contributed by atoms with Crippen molar-refractivity contribution in [3.05, 3.63) is 0 Å². The van der Waals surface area contributed by atoms with E-state index in [1.165, 1.54) is 0 Å². The van der Waals surface area contributed by atoms with Gasteiger partial charge in [-0.2, -0.15) is 16.8 Å². The number of nitrogens with one attached hydrogen (secondary N) is 2. The van der Waals surface area contributed by atoms with Crippen LogP contribution < -0.4 is 5.32 Å². The van der Waals surface area contributed by atoms with Gasteiger partial charge < -0.3 is 20.3 Å². The molecule has 0 aromatic carbocycles. The molecule has 3 aliphatic carbocycles. The molecule has 0 radical (unpaired) electrons. The lowest BCUT2D eigenvalue weighted by molar-refractivity contribution is -0.180. The van der Waals surface area contributed by atoms with Crippen molar-refractivity contribution in [2.75, 3.05) is 7.05 Å². The van der Waals surface area contributed by atoms with Crippen LogP contribution in [0.5, 0.6) is 0 Å². The Hall–Kier alpha value is -0.920. The molecule has 1 saturated heterocycles. The molecule has 1 heterocycles. The maximum atomic E-state index is 12.5. The first-order valence-corrected chi connectivity index (χ1v) is 14.8. The smallest absolute Gasteiger partial charge is 0.275 e. The fourth-order valence-electron chi connectivity index (χ4n) is 7.40. The summed E-state index contributed by atoms with van der Waals surface area (Å²) >= 11 is 0. The highest BCUT2D eigenvalue weighted by Crippen LogP contribution is 2.54. The van der Waals surface area contributed by atoms with Gasteiger partial charge in [-0.15, -0.1) is 0 Å². The summed E-state index contributed by atoms with van der Waals surface area (Å²) in [5.41, 5.74) is -0.157. The molecule has 10 unspecified atom stereocenters. The summed E-state index contributed by atoms with van der Waals surface area (Å²) < 4.78 is 75.9. The Labute approximate surface area is 195 Å². The van der Waals surface area contributed by atoms with Gasteiger partial charge in [0.15, 0.2) is 5.25 Å². The number of ether oxygens (including phenoxy) is 1. The van der Waals surface area contributed by atoms with E-state index in [-0.39, 0.29) is 41.7 Å². The van der Waals surface area contributed by atoms with Crippen molar-refractivity contribution in [3.8, 4) is 0 Å². The molecule has 4 N–H and O–H groups in total. The fraction of sp³-hybridized carbons (Fsp3) is 0.905. The van der Waals surface area contributed by atoms with E-state index < -0.39 is 49.0 Å². The Bertz CT molecular complexity index is 984. The summed E-state index contributed by atoms with van der Waals surface area (Å²) in [5.74, 6) is -1.06. The highest BCUT2D eigenvalue weighted by Gasteiger charge is 2.61. The maximum Gasteiger partial charge on any atom is 0.275 e. The van der Waals surface area contributed by atoms with Crippen molar-refractivity contribution in [3.63, 3.8) is 0 Å².